The number of carbonyl (C=O) groups excluding carboxylic acids is 1. The normalized spacial score (nSPS) is 25.1. The van der Waals surface area contributed by atoms with Crippen LogP contribution in [-0.4, -0.2) is 81.4 Å². The Balaban J connectivity index is 1.28. The maximum atomic E-state index is 13.6. The molecule has 0 bridgehead atoms. The minimum Gasteiger partial charge on any atom is -0.339 e. The van der Waals surface area contributed by atoms with Crippen LogP contribution in [0.2, 0.25) is 5.02 Å². The van der Waals surface area contributed by atoms with Crippen molar-refractivity contribution >= 4 is 27.5 Å². The number of sulfonamides is 1. The van der Waals surface area contributed by atoms with Gasteiger partial charge in [0, 0.05) is 56.9 Å². The number of halogens is 1. The standard InChI is InChI=1S/C28H37ClN4O3S/c1-31-14-16-33(17-15-31)23-7-5-6-22(19-23)32(2)28(34)21-11-10-20-12-13-26(24(20)18-21)30-37(35,36)27-9-4-3-8-25(27)29/h3-4,8-11,18,22-23,26,30H,5-7,12-17,19H2,1-2H3/t22?,23?,26-/m1/s1. The van der Waals surface area contributed by atoms with Crippen LogP contribution in [0.5, 0.6) is 0 Å². The van der Waals surface area contributed by atoms with Crippen molar-refractivity contribution in [2.24, 2.45) is 0 Å². The first-order valence-corrected chi connectivity index (χ1v) is 15.2. The number of nitrogens with one attached hydrogen (secondary N) is 1. The molecule has 200 valence electrons. The highest BCUT2D eigenvalue weighted by atomic mass is 35.5. The van der Waals surface area contributed by atoms with Gasteiger partial charge in [-0.15, -0.1) is 0 Å². The van der Waals surface area contributed by atoms with Gasteiger partial charge < -0.3 is 9.80 Å². The van der Waals surface area contributed by atoms with Gasteiger partial charge in [0.05, 0.1) is 5.02 Å². The SMILES string of the molecule is CN1CCN(C2CCCC(N(C)C(=O)c3ccc4c(c3)[C@H](NS(=O)(=O)c3ccccc3Cl)CC4)C2)CC1. The predicted octanol–water partition coefficient (Wildman–Crippen LogP) is 3.94. The summed E-state index contributed by atoms with van der Waals surface area (Å²) in [6, 6.07) is 12.6. The average Bonchev–Trinajstić information content (AvgIpc) is 3.29. The lowest BCUT2D eigenvalue weighted by atomic mass is 9.88. The van der Waals surface area contributed by atoms with Gasteiger partial charge in [0.2, 0.25) is 10.0 Å². The fourth-order valence-electron chi connectivity index (χ4n) is 6.15. The molecule has 2 fully saturated rings. The van der Waals surface area contributed by atoms with Crippen LogP contribution in [0.1, 0.15) is 59.6 Å². The minimum absolute atomic E-state index is 0.00596. The van der Waals surface area contributed by atoms with E-state index < -0.39 is 10.0 Å². The molecule has 37 heavy (non-hydrogen) atoms. The van der Waals surface area contributed by atoms with Crippen LogP contribution < -0.4 is 4.72 Å². The first kappa shape index (κ1) is 26.6. The van der Waals surface area contributed by atoms with Crippen molar-refractivity contribution in [3.8, 4) is 0 Å². The van der Waals surface area contributed by atoms with Crippen LogP contribution in [0.3, 0.4) is 0 Å². The number of hydrogen-bond donors (Lipinski definition) is 1. The molecule has 1 N–H and O–H groups in total. The van der Waals surface area contributed by atoms with E-state index in [2.05, 4.69) is 21.6 Å². The topological polar surface area (TPSA) is 73.0 Å². The number of fused-ring (bicyclic) bond motifs is 1. The van der Waals surface area contributed by atoms with E-state index in [1.807, 2.05) is 30.1 Å². The van der Waals surface area contributed by atoms with Crippen LogP contribution in [0, 0.1) is 0 Å². The summed E-state index contributed by atoms with van der Waals surface area (Å²) in [6.45, 7) is 4.41. The Morgan fingerprint density at radius 3 is 2.57 bits per heavy atom. The third-order valence-electron chi connectivity index (χ3n) is 8.44. The zero-order valence-corrected chi connectivity index (χ0v) is 23.3. The quantitative estimate of drug-likeness (QED) is 0.596. The van der Waals surface area contributed by atoms with Crippen molar-refractivity contribution in [3.05, 3.63) is 64.2 Å². The van der Waals surface area contributed by atoms with Crippen LogP contribution >= 0.6 is 11.6 Å². The van der Waals surface area contributed by atoms with E-state index in [4.69, 9.17) is 11.6 Å². The molecular formula is C28H37ClN4O3S. The number of amides is 1. The van der Waals surface area contributed by atoms with E-state index in [0.29, 0.717) is 18.0 Å². The molecule has 3 aliphatic rings. The number of benzene rings is 2. The van der Waals surface area contributed by atoms with E-state index in [1.54, 1.807) is 18.2 Å². The number of carbonyl (C=O) groups is 1. The van der Waals surface area contributed by atoms with Gasteiger partial charge in [-0.25, -0.2) is 13.1 Å². The lowest BCUT2D eigenvalue weighted by Gasteiger charge is -2.43. The van der Waals surface area contributed by atoms with Crippen LogP contribution in [-0.2, 0) is 16.4 Å². The zero-order valence-electron chi connectivity index (χ0n) is 21.7. The molecule has 1 saturated carbocycles. The number of rotatable bonds is 6. The lowest BCUT2D eigenvalue weighted by Crippen LogP contribution is -2.52. The summed E-state index contributed by atoms with van der Waals surface area (Å²) in [7, 11) is 0.309. The summed E-state index contributed by atoms with van der Waals surface area (Å²) in [5.74, 6) is 0.00596. The van der Waals surface area contributed by atoms with E-state index in [1.165, 1.54) is 12.5 Å². The smallest absolute Gasteiger partial charge is 0.253 e. The Morgan fingerprint density at radius 2 is 1.81 bits per heavy atom. The summed E-state index contributed by atoms with van der Waals surface area (Å²) < 4.78 is 28.9. The molecule has 2 aromatic carbocycles. The molecule has 2 aliphatic carbocycles. The predicted molar refractivity (Wildman–Crippen MR) is 146 cm³/mol. The molecular weight excluding hydrogens is 508 g/mol. The summed E-state index contributed by atoms with van der Waals surface area (Å²) >= 11 is 6.16. The molecule has 2 aromatic rings. The fourth-order valence-corrected chi connectivity index (χ4v) is 7.92. The van der Waals surface area contributed by atoms with E-state index >= 15 is 0 Å². The summed E-state index contributed by atoms with van der Waals surface area (Å²) in [5, 5.41) is 0.195. The molecule has 5 rings (SSSR count). The first-order valence-electron chi connectivity index (χ1n) is 13.3. The van der Waals surface area contributed by atoms with Crippen LogP contribution in [0.25, 0.3) is 0 Å². The molecule has 9 heteroatoms. The van der Waals surface area contributed by atoms with E-state index in [0.717, 1.165) is 63.0 Å². The van der Waals surface area contributed by atoms with Gasteiger partial charge in [0.25, 0.3) is 5.91 Å². The van der Waals surface area contributed by atoms with Gasteiger partial charge >= 0.3 is 0 Å². The Bertz CT molecular complexity index is 1250. The van der Waals surface area contributed by atoms with Gasteiger partial charge in [0.15, 0.2) is 0 Å². The van der Waals surface area contributed by atoms with Gasteiger partial charge in [0.1, 0.15) is 4.90 Å². The van der Waals surface area contributed by atoms with Crippen molar-refractivity contribution in [3.63, 3.8) is 0 Å². The second-order valence-electron chi connectivity index (χ2n) is 10.8. The Labute approximate surface area is 225 Å². The molecule has 0 spiro atoms. The largest absolute Gasteiger partial charge is 0.339 e. The Kier molecular flexibility index (Phi) is 7.93. The van der Waals surface area contributed by atoms with Crippen molar-refractivity contribution < 1.29 is 13.2 Å². The maximum absolute atomic E-state index is 13.6. The lowest BCUT2D eigenvalue weighted by molar-refractivity contribution is 0.0496. The Morgan fingerprint density at radius 1 is 1.05 bits per heavy atom. The van der Waals surface area contributed by atoms with Gasteiger partial charge in [-0.1, -0.05) is 29.8 Å². The summed E-state index contributed by atoms with van der Waals surface area (Å²) in [4.78, 5) is 20.6. The number of aryl methyl sites for hydroxylation is 1. The average molecular weight is 545 g/mol. The third-order valence-corrected chi connectivity index (χ3v) is 10.4. The molecule has 0 radical (unpaired) electrons. The molecule has 1 amide bonds. The molecule has 1 saturated heterocycles. The van der Waals surface area contributed by atoms with E-state index in [-0.39, 0.29) is 27.9 Å². The molecule has 2 unspecified atom stereocenters. The zero-order chi connectivity index (χ0) is 26.2. The number of hydrogen-bond acceptors (Lipinski definition) is 5. The molecule has 1 aliphatic heterocycles. The highest BCUT2D eigenvalue weighted by Crippen LogP contribution is 2.35. The molecule has 1 heterocycles. The van der Waals surface area contributed by atoms with Crippen molar-refractivity contribution in [2.45, 2.75) is 61.5 Å². The summed E-state index contributed by atoms with van der Waals surface area (Å²) in [6.07, 6.45) is 5.80. The van der Waals surface area contributed by atoms with Crippen molar-refractivity contribution in [2.75, 3.05) is 40.3 Å². The van der Waals surface area contributed by atoms with Gasteiger partial charge in [-0.3, -0.25) is 9.69 Å². The number of nitrogens with zero attached hydrogens (tertiary/aromatic N) is 3. The molecule has 0 aromatic heterocycles. The third kappa shape index (κ3) is 5.73. The Hall–Kier alpha value is -1.97. The van der Waals surface area contributed by atoms with Crippen LogP contribution in [0.4, 0.5) is 0 Å². The van der Waals surface area contributed by atoms with E-state index in [9.17, 15) is 13.2 Å². The second kappa shape index (κ2) is 11.0. The first-order chi connectivity index (χ1) is 17.7. The number of piperazine rings is 1. The highest BCUT2D eigenvalue weighted by Gasteiger charge is 2.33. The maximum Gasteiger partial charge on any atom is 0.253 e. The van der Waals surface area contributed by atoms with Crippen molar-refractivity contribution in [1.29, 1.82) is 0 Å². The highest BCUT2D eigenvalue weighted by molar-refractivity contribution is 7.89. The molecule has 3 atom stereocenters. The summed E-state index contributed by atoms with van der Waals surface area (Å²) in [5.41, 5.74) is 2.58. The monoisotopic (exact) mass is 544 g/mol. The number of likely N-dealkylation sites (N-methyl/N-ethyl adjacent to an activating group) is 1. The van der Waals surface area contributed by atoms with Gasteiger partial charge in [-0.05, 0) is 81.0 Å². The van der Waals surface area contributed by atoms with Gasteiger partial charge in [-0.2, -0.15) is 0 Å². The molecule has 7 nitrogen and oxygen atoms in total. The fraction of sp³-hybridized carbons (Fsp3) is 0.536. The van der Waals surface area contributed by atoms with Crippen LogP contribution in [0.15, 0.2) is 47.4 Å². The minimum atomic E-state index is -3.79. The van der Waals surface area contributed by atoms with Crippen molar-refractivity contribution in [1.82, 2.24) is 19.4 Å². The second-order valence-corrected chi connectivity index (χ2v) is 12.9.